The molecule has 3 heterocycles. The number of carbonyl (C=O) groups excluding carboxylic acids is 1. The van der Waals surface area contributed by atoms with Gasteiger partial charge in [-0.3, -0.25) is 18.6 Å². The number of H-pyrrole nitrogens is 1. The number of amides is 1. The number of hydrogen-bond donors (Lipinski definition) is 2. The van der Waals surface area contributed by atoms with Crippen LogP contribution < -0.4 is 16.6 Å². The molecule has 2 N–H and O–H groups in total. The largest absolute Gasteiger partial charge is 0.343 e. The summed E-state index contributed by atoms with van der Waals surface area (Å²) in [5, 5.41) is 8.80. The number of thiazole rings is 1. The summed E-state index contributed by atoms with van der Waals surface area (Å²) in [6.07, 6.45) is 2.91. The maximum absolute atomic E-state index is 12.4. The van der Waals surface area contributed by atoms with Gasteiger partial charge in [-0.2, -0.15) is 5.10 Å². The Labute approximate surface area is 133 Å². The van der Waals surface area contributed by atoms with E-state index in [1.54, 1.807) is 20.2 Å². The highest BCUT2D eigenvalue weighted by atomic mass is 32.1. The van der Waals surface area contributed by atoms with Crippen molar-refractivity contribution >= 4 is 22.2 Å². The van der Waals surface area contributed by atoms with Crippen molar-refractivity contribution in [3.63, 3.8) is 0 Å². The maximum Gasteiger partial charge on any atom is 0.343 e. The van der Waals surface area contributed by atoms with Crippen LogP contribution >= 0.6 is 11.3 Å². The zero-order valence-electron chi connectivity index (χ0n) is 12.7. The fourth-order valence-electron chi connectivity index (χ4n) is 2.24. The zero-order valence-corrected chi connectivity index (χ0v) is 13.5. The Morgan fingerprint density at radius 1 is 1.43 bits per heavy atom. The molecule has 0 aliphatic heterocycles. The first kappa shape index (κ1) is 15.2. The Morgan fingerprint density at radius 3 is 2.83 bits per heavy atom. The third kappa shape index (κ3) is 2.57. The molecule has 0 aliphatic rings. The van der Waals surface area contributed by atoms with Crippen LogP contribution in [0.25, 0.3) is 4.96 Å². The number of rotatable bonds is 3. The van der Waals surface area contributed by atoms with Crippen molar-refractivity contribution < 1.29 is 4.79 Å². The van der Waals surface area contributed by atoms with E-state index in [9.17, 15) is 14.4 Å². The normalized spacial score (nSPS) is 12.5. The molecule has 1 unspecified atom stereocenters. The number of aromatic nitrogens is 5. The van der Waals surface area contributed by atoms with E-state index < -0.39 is 17.5 Å². The fourth-order valence-corrected chi connectivity index (χ4v) is 3.02. The Kier molecular flexibility index (Phi) is 3.60. The highest BCUT2D eigenvalue weighted by Crippen LogP contribution is 2.13. The molecule has 23 heavy (non-hydrogen) atoms. The second-order valence-electron chi connectivity index (χ2n) is 5.11. The predicted octanol–water partition coefficient (Wildman–Crippen LogP) is -0.0228. The lowest BCUT2D eigenvalue weighted by atomic mass is 10.2. The standard InChI is InChI=1S/C13H14N6O3S/c1-6-5-19-11(21)8(4-14-13(19)23-6)10(20)15-7(2)9-16-17-12(22)18(9)3/h4-5,7H,1-3H3,(H,15,20)(H,17,22). The number of nitrogens with one attached hydrogen (secondary N) is 2. The van der Waals surface area contributed by atoms with Gasteiger partial charge in [0.1, 0.15) is 5.56 Å². The van der Waals surface area contributed by atoms with Crippen molar-refractivity contribution in [2.45, 2.75) is 19.9 Å². The summed E-state index contributed by atoms with van der Waals surface area (Å²) in [4.78, 5) is 41.7. The molecule has 120 valence electrons. The van der Waals surface area contributed by atoms with Gasteiger partial charge in [0.15, 0.2) is 10.8 Å². The molecule has 1 amide bonds. The summed E-state index contributed by atoms with van der Waals surface area (Å²) in [5.74, 6) is -0.201. The average Bonchev–Trinajstić information content (AvgIpc) is 3.03. The van der Waals surface area contributed by atoms with Gasteiger partial charge in [0.25, 0.3) is 11.5 Å². The number of hydrogen-bond acceptors (Lipinski definition) is 6. The SMILES string of the molecule is Cc1cn2c(=O)c(C(=O)NC(C)c3n[nH]c(=O)n3C)cnc2s1. The molecular weight excluding hydrogens is 320 g/mol. The van der Waals surface area contributed by atoms with Crippen LogP contribution in [0.1, 0.15) is 34.0 Å². The Balaban J connectivity index is 1.91. The highest BCUT2D eigenvalue weighted by molar-refractivity contribution is 7.16. The summed E-state index contributed by atoms with van der Waals surface area (Å²) in [6, 6.07) is -0.546. The minimum atomic E-state index is -0.566. The van der Waals surface area contributed by atoms with Crippen LogP contribution in [0, 0.1) is 6.92 Å². The predicted molar refractivity (Wildman–Crippen MR) is 83.8 cm³/mol. The molecule has 3 rings (SSSR count). The quantitative estimate of drug-likeness (QED) is 0.698. The van der Waals surface area contributed by atoms with Crippen molar-refractivity contribution in [2.75, 3.05) is 0 Å². The van der Waals surface area contributed by atoms with Gasteiger partial charge in [-0.15, -0.1) is 11.3 Å². The molecule has 0 bridgehead atoms. The van der Waals surface area contributed by atoms with Gasteiger partial charge in [-0.1, -0.05) is 0 Å². The summed E-state index contributed by atoms with van der Waals surface area (Å²) in [7, 11) is 1.54. The molecule has 0 saturated heterocycles. The van der Waals surface area contributed by atoms with E-state index in [4.69, 9.17) is 0 Å². The van der Waals surface area contributed by atoms with Gasteiger partial charge >= 0.3 is 5.69 Å². The van der Waals surface area contributed by atoms with Gasteiger partial charge in [-0.25, -0.2) is 14.9 Å². The zero-order chi connectivity index (χ0) is 16.7. The minimum absolute atomic E-state index is 0.0623. The van der Waals surface area contributed by atoms with E-state index in [2.05, 4.69) is 20.5 Å². The molecule has 10 heteroatoms. The van der Waals surface area contributed by atoms with Crippen LogP contribution in [0.3, 0.4) is 0 Å². The van der Waals surface area contributed by atoms with Crippen molar-refractivity contribution in [1.82, 2.24) is 29.5 Å². The molecule has 3 aromatic heterocycles. The number of carbonyl (C=O) groups is 1. The number of nitrogens with zero attached hydrogens (tertiary/aromatic N) is 4. The second-order valence-corrected chi connectivity index (χ2v) is 6.33. The fraction of sp³-hybridized carbons (Fsp3) is 0.308. The number of aromatic amines is 1. The van der Waals surface area contributed by atoms with Gasteiger partial charge in [0.05, 0.1) is 6.04 Å². The molecular formula is C13H14N6O3S. The maximum atomic E-state index is 12.4. The van der Waals surface area contributed by atoms with Crippen LogP contribution in [0.5, 0.6) is 0 Å². The number of aryl methyl sites for hydroxylation is 1. The van der Waals surface area contributed by atoms with Crippen LogP contribution in [0.15, 0.2) is 22.0 Å². The lowest BCUT2D eigenvalue weighted by Crippen LogP contribution is -2.34. The summed E-state index contributed by atoms with van der Waals surface area (Å²) >= 11 is 1.37. The first-order chi connectivity index (χ1) is 10.9. The first-order valence-corrected chi connectivity index (χ1v) is 7.60. The molecule has 0 radical (unpaired) electrons. The van der Waals surface area contributed by atoms with E-state index >= 15 is 0 Å². The molecule has 0 saturated carbocycles. The lowest BCUT2D eigenvalue weighted by molar-refractivity contribution is 0.0935. The molecule has 0 spiro atoms. The minimum Gasteiger partial charge on any atom is -0.342 e. The van der Waals surface area contributed by atoms with Crippen LogP contribution in [0.2, 0.25) is 0 Å². The van der Waals surface area contributed by atoms with E-state index in [1.807, 2.05) is 6.92 Å². The Bertz CT molecular complexity index is 1010. The van der Waals surface area contributed by atoms with Gasteiger partial charge in [-0.05, 0) is 13.8 Å². The van der Waals surface area contributed by atoms with E-state index in [0.29, 0.717) is 10.8 Å². The van der Waals surface area contributed by atoms with Crippen molar-refractivity contribution in [1.29, 1.82) is 0 Å². The first-order valence-electron chi connectivity index (χ1n) is 6.78. The molecule has 1 atom stereocenters. The molecule has 0 aromatic carbocycles. The monoisotopic (exact) mass is 334 g/mol. The molecule has 0 fully saturated rings. The van der Waals surface area contributed by atoms with E-state index in [0.717, 1.165) is 4.88 Å². The van der Waals surface area contributed by atoms with Gasteiger partial charge in [0, 0.05) is 24.3 Å². The van der Waals surface area contributed by atoms with Crippen LogP contribution in [0.4, 0.5) is 0 Å². The van der Waals surface area contributed by atoms with Crippen LogP contribution in [-0.4, -0.2) is 30.1 Å². The van der Waals surface area contributed by atoms with E-state index in [-0.39, 0.29) is 11.3 Å². The second kappa shape index (κ2) is 5.47. The van der Waals surface area contributed by atoms with Crippen molar-refractivity contribution in [2.24, 2.45) is 7.05 Å². The molecule has 3 aromatic rings. The number of fused-ring (bicyclic) bond motifs is 1. The molecule has 0 aliphatic carbocycles. The third-order valence-corrected chi connectivity index (χ3v) is 4.33. The van der Waals surface area contributed by atoms with Gasteiger partial charge < -0.3 is 5.32 Å². The molecule has 9 nitrogen and oxygen atoms in total. The van der Waals surface area contributed by atoms with Crippen molar-refractivity contribution in [3.8, 4) is 0 Å². The van der Waals surface area contributed by atoms with Gasteiger partial charge in [0.2, 0.25) is 0 Å². The van der Waals surface area contributed by atoms with Crippen molar-refractivity contribution in [3.05, 3.63) is 49.5 Å². The Hall–Kier alpha value is -2.75. The lowest BCUT2D eigenvalue weighted by Gasteiger charge is -2.12. The smallest absolute Gasteiger partial charge is 0.342 e. The average molecular weight is 334 g/mol. The summed E-state index contributed by atoms with van der Waals surface area (Å²) in [6.45, 7) is 3.53. The topological polar surface area (TPSA) is 114 Å². The highest BCUT2D eigenvalue weighted by Gasteiger charge is 2.20. The Morgan fingerprint density at radius 2 is 2.17 bits per heavy atom. The van der Waals surface area contributed by atoms with E-state index in [1.165, 1.54) is 26.5 Å². The third-order valence-electron chi connectivity index (χ3n) is 3.42. The summed E-state index contributed by atoms with van der Waals surface area (Å²) in [5.41, 5.74) is -0.870. The van der Waals surface area contributed by atoms with Crippen LogP contribution in [-0.2, 0) is 7.05 Å². The summed E-state index contributed by atoms with van der Waals surface area (Å²) < 4.78 is 2.64.